The summed E-state index contributed by atoms with van der Waals surface area (Å²) in [7, 11) is 1.80. The number of likely N-dealkylation sites (N-methyl/N-ethyl adjacent to an activating group) is 1. The molecule has 3 heteroatoms. The van der Waals surface area contributed by atoms with E-state index in [0.717, 1.165) is 25.7 Å². The van der Waals surface area contributed by atoms with E-state index in [-0.39, 0.29) is 11.7 Å². The third kappa shape index (κ3) is 31.9. The van der Waals surface area contributed by atoms with Crippen molar-refractivity contribution in [3.05, 3.63) is 0 Å². The zero-order chi connectivity index (χ0) is 30.1. The molecule has 0 aliphatic carbocycles. The van der Waals surface area contributed by atoms with Gasteiger partial charge in [-0.25, -0.2) is 0 Å². The molecule has 0 saturated heterocycles. The van der Waals surface area contributed by atoms with Crippen LogP contribution in [0, 0.1) is 0 Å². The maximum atomic E-state index is 12.4. The molecule has 3 nitrogen and oxygen atoms in total. The highest BCUT2D eigenvalue weighted by Gasteiger charge is 2.12. The monoisotopic (exact) mass is 578 g/mol. The third-order valence-electron chi connectivity index (χ3n) is 8.89. The van der Waals surface area contributed by atoms with E-state index in [1.165, 1.54) is 167 Å². The van der Waals surface area contributed by atoms with Crippen LogP contribution in [-0.2, 0) is 9.59 Å². The van der Waals surface area contributed by atoms with Crippen molar-refractivity contribution >= 4 is 11.7 Å². The van der Waals surface area contributed by atoms with Gasteiger partial charge in [0, 0.05) is 19.9 Å². The maximum absolute atomic E-state index is 12.4. The van der Waals surface area contributed by atoms with Gasteiger partial charge in [-0.15, -0.1) is 0 Å². The van der Waals surface area contributed by atoms with Crippen molar-refractivity contribution in [3.8, 4) is 0 Å². The first-order valence-corrected chi connectivity index (χ1v) is 18.9. The van der Waals surface area contributed by atoms with Crippen molar-refractivity contribution in [1.29, 1.82) is 0 Å². The fourth-order valence-corrected chi connectivity index (χ4v) is 5.96. The summed E-state index contributed by atoms with van der Waals surface area (Å²) in [6, 6.07) is 0. The van der Waals surface area contributed by atoms with Crippen molar-refractivity contribution < 1.29 is 9.59 Å². The smallest absolute Gasteiger partial charge is 0.222 e. The molecule has 0 aromatic rings. The minimum atomic E-state index is 0.143. The fourth-order valence-electron chi connectivity index (χ4n) is 5.96. The predicted octanol–water partition coefficient (Wildman–Crippen LogP) is 12.5. The molecule has 0 N–H and O–H groups in total. The van der Waals surface area contributed by atoms with Crippen molar-refractivity contribution in [1.82, 2.24) is 4.90 Å². The summed E-state index contributed by atoms with van der Waals surface area (Å²) in [5.41, 5.74) is 0. The molecule has 0 aliphatic heterocycles. The Hall–Kier alpha value is -0.860. The largest absolute Gasteiger partial charge is 0.338 e. The summed E-state index contributed by atoms with van der Waals surface area (Å²) in [5.74, 6) is 0.372. The summed E-state index contributed by atoms with van der Waals surface area (Å²) < 4.78 is 0. The molecule has 1 amide bonds. The van der Waals surface area contributed by atoms with E-state index in [1.54, 1.807) is 11.9 Å². The topological polar surface area (TPSA) is 37.4 Å². The Morgan fingerprint density at radius 3 is 0.902 bits per heavy atom. The van der Waals surface area contributed by atoms with Crippen molar-refractivity contribution in [2.24, 2.45) is 0 Å². The average molecular weight is 578 g/mol. The third-order valence-corrected chi connectivity index (χ3v) is 8.89. The Bertz CT molecular complexity index is 546. The van der Waals surface area contributed by atoms with Crippen LogP contribution in [0.4, 0.5) is 0 Å². The standard InChI is InChI=1S/C38H75NO2/c1-4-6-8-10-12-14-16-18-20-22-24-26-28-30-32-34-37(40)36-39(3)38(41)35-33-31-29-27-25-23-21-19-17-15-13-11-9-7-5-2/h4-36H2,1-3H3. The number of ketones is 1. The second-order valence-corrected chi connectivity index (χ2v) is 13.2. The lowest BCUT2D eigenvalue weighted by Crippen LogP contribution is -2.31. The SMILES string of the molecule is CCCCCCCCCCCCCCCCCC(=O)CN(C)C(=O)CCCCCCCCCCCCCCCCC. The molecule has 0 aromatic carbocycles. The lowest BCUT2D eigenvalue weighted by atomic mass is 10.0. The van der Waals surface area contributed by atoms with Crippen LogP contribution in [0.15, 0.2) is 0 Å². The van der Waals surface area contributed by atoms with Crippen LogP contribution in [0.5, 0.6) is 0 Å². The molecule has 0 spiro atoms. The highest BCUT2D eigenvalue weighted by Crippen LogP contribution is 2.15. The lowest BCUT2D eigenvalue weighted by molar-refractivity contribution is -0.134. The van der Waals surface area contributed by atoms with Crippen molar-refractivity contribution in [2.45, 2.75) is 219 Å². The van der Waals surface area contributed by atoms with E-state index < -0.39 is 0 Å². The second-order valence-electron chi connectivity index (χ2n) is 13.2. The summed E-state index contributed by atoms with van der Waals surface area (Å²) >= 11 is 0. The molecule has 41 heavy (non-hydrogen) atoms. The Morgan fingerprint density at radius 2 is 0.610 bits per heavy atom. The van der Waals surface area contributed by atoms with Gasteiger partial charge in [-0.05, 0) is 12.8 Å². The molecule has 0 saturated carbocycles. The van der Waals surface area contributed by atoms with E-state index in [9.17, 15) is 9.59 Å². The summed E-state index contributed by atoms with van der Waals surface area (Å²) in [4.78, 5) is 26.4. The molecular formula is C38H75NO2. The number of carbonyl (C=O) groups excluding carboxylic acids is 2. The Morgan fingerprint density at radius 1 is 0.366 bits per heavy atom. The minimum Gasteiger partial charge on any atom is -0.338 e. The number of Topliss-reactive ketones (excluding diaryl/α,β-unsaturated/α-hetero) is 1. The van der Waals surface area contributed by atoms with Gasteiger partial charge in [-0.3, -0.25) is 9.59 Å². The number of amides is 1. The molecule has 0 fully saturated rings. The van der Waals surface area contributed by atoms with Gasteiger partial charge in [0.2, 0.25) is 5.91 Å². The molecule has 0 radical (unpaired) electrons. The highest BCUT2D eigenvalue weighted by atomic mass is 16.2. The van der Waals surface area contributed by atoms with Gasteiger partial charge < -0.3 is 4.90 Å². The predicted molar refractivity (Wildman–Crippen MR) is 182 cm³/mol. The van der Waals surface area contributed by atoms with Crippen molar-refractivity contribution in [2.75, 3.05) is 13.6 Å². The summed E-state index contributed by atoms with van der Waals surface area (Å²) in [6.07, 6.45) is 41.4. The van der Waals surface area contributed by atoms with E-state index >= 15 is 0 Å². The second kappa shape index (κ2) is 33.6. The van der Waals surface area contributed by atoms with E-state index in [1.807, 2.05) is 0 Å². The lowest BCUT2D eigenvalue weighted by Gasteiger charge is -2.16. The summed E-state index contributed by atoms with van der Waals surface area (Å²) in [5, 5.41) is 0. The number of rotatable bonds is 34. The van der Waals surface area contributed by atoms with Crippen LogP contribution in [0.25, 0.3) is 0 Å². The van der Waals surface area contributed by atoms with Crippen LogP contribution in [0.2, 0.25) is 0 Å². The Labute approximate surface area is 258 Å². The van der Waals surface area contributed by atoms with Gasteiger partial charge in [-0.2, -0.15) is 0 Å². The molecule has 0 unspecified atom stereocenters. The molecule has 244 valence electrons. The Kier molecular flexibility index (Phi) is 32.9. The molecule has 0 aliphatic rings. The van der Waals surface area contributed by atoms with E-state index in [0.29, 0.717) is 19.4 Å². The first-order chi connectivity index (χ1) is 20.1. The van der Waals surface area contributed by atoms with Crippen LogP contribution >= 0.6 is 0 Å². The van der Waals surface area contributed by atoms with Gasteiger partial charge in [0.15, 0.2) is 5.78 Å². The van der Waals surface area contributed by atoms with Crippen LogP contribution in [0.3, 0.4) is 0 Å². The normalized spacial score (nSPS) is 11.3. The maximum Gasteiger partial charge on any atom is 0.222 e. The Balaban J connectivity index is 3.40. The zero-order valence-corrected chi connectivity index (χ0v) is 28.6. The minimum absolute atomic E-state index is 0.143. The summed E-state index contributed by atoms with van der Waals surface area (Å²) in [6.45, 7) is 4.87. The molecule has 0 aromatic heterocycles. The molecule has 0 rings (SSSR count). The van der Waals surface area contributed by atoms with Crippen LogP contribution < -0.4 is 0 Å². The van der Waals surface area contributed by atoms with E-state index in [2.05, 4.69) is 13.8 Å². The number of hydrogen-bond donors (Lipinski definition) is 0. The van der Waals surface area contributed by atoms with Crippen LogP contribution in [0.1, 0.15) is 219 Å². The number of carbonyl (C=O) groups is 2. The molecule has 0 bridgehead atoms. The number of unbranched alkanes of at least 4 members (excludes halogenated alkanes) is 28. The highest BCUT2D eigenvalue weighted by molar-refractivity contribution is 5.85. The van der Waals surface area contributed by atoms with Gasteiger partial charge in [0.05, 0.1) is 6.54 Å². The number of nitrogens with zero attached hydrogens (tertiary/aromatic N) is 1. The van der Waals surface area contributed by atoms with Gasteiger partial charge in [-0.1, -0.05) is 194 Å². The van der Waals surface area contributed by atoms with Gasteiger partial charge in [0.1, 0.15) is 0 Å². The van der Waals surface area contributed by atoms with Crippen molar-refractivity contribution in [3.63, 3.8) is 0 Å². The molecule has 0 atom stereocenters. The molecular weight excluding hydrogens is 502 g/mol. The average Bonchev–Trinajstić information content (AvgIpc) is 2.96. The quantitative estimate of drug-likeness (QED) is 0.0713. The van der Waals surface area contributed by atoms with Gasteiger partial charge >= 0.3 is 0 Å². The first-order valence-electron chi connectivity index (χ1n) is 18.9. The van der Waals surface area contributed by atoms with Crippen LogP contribution in [-0.4, -0.2) is 30.2 Å². The molecule has 0 heterocycles. The van der Waals surface area contributed by atoms with E-state index in [4.69, 9.17) is 0 Å². The fraction of sp³-hybridized carbons (Fsp3) is 0.947. The zero-order valence-electron chi connectivity index (χ0n) is 28.6. The number of hydrogen-bond acceptors (Lipinski definition) is 2. The first kappa shape index (κ1) is 40.1. The van der Waals surface area contributed by atoms with Gasteiger partial charge in [0.25, 0.3) is 0 Å².